The summed E-state index contributed by atoms with van der Waals surface area (Å²) in [6.45, 7) is 4.51. The second-order valence-electron chi connectivity index (χ2n) is 4.21. The Morgan fingerprint density at radius 1 is 1.32 bits per heavy atom. The topological polar surface area (TPSA) is 12.0 Å². The normalized spacial score (nSPS) is 12.7. The molecule has 1 aromatic carbocycles. The molecular weight excluding hydrogens is 332 g/mol. The summed E-state index contributed by atoms with van der Waals surface area (Å²) < 4.78 is 28.6. The Balaban J connectivity index is 2.54. The fraction of sp³-hybridized carbons (Fsp3) is 0.286. The fourth-order valence-corrected chi connectivity index (χ4v) is 3.24. The molecule has 1 unspecified atom stereocenters. The largest absolute Gasteiger partial charge is 0.306 e. The smallest absolute Gasteiger partial charge is 0.132 e. The molecule has 2 rings (SSSR count). The number of rotatable bonds is 4. The molecule has 0 bridgehead atoms. The van der Waals surface area contributed by atoms with Gasteiger partial charge in [-0.1, -0.05) is 22.9 Å². The van der Waals surface area contributed by atoms with Crippen LogP contribution in [0.15, 0.2) is 28.1 Å². The first-order valence-electron chi connectivity index (χ1n) is 5.96. The minimum Gasteiger partial charge on any atom is -0.306 e. The standard InChI is InChI=1S/C14H14BrF2NS/c1-3-18-14(10-4-5-19-8(10)2)13-11(16)6-9(15)7-12(13)17/h4-7,14,18H,3H2,1-2H3. The molecule has 0 saturated carbocycles. The fourth-order valence-electron chi connectivity index (χ4n) is 2.10. The number of benzene rings is 1. The summed E-state index contributed by atoms with van der Waals surface area (Å²) in [7, 11) is 0. The van der Waals surface area contributed by atoms with Crippen LogP contribution in [0.3, 0.4) is 0 Å². The summed E-state index contributed by atoms with van der Waals surface area (Å²) in [5.41, 5.74) is 0.999. The summed E-state index contributed by atoms with van der Waals surface area (Å²) in [5, 5.41) is 5.09. The molecule has 1 nitrogen and oxygen atoms in total. The van der Waals surface area contributed by atoms with E-state index in [-0.39, 0.29) is 5.56 Å². The van der Waals surface area contributed by atoms with Gasteiger partial charge < -0.3 is 5.32 Å². The van der Waals surface area contributed by atoms with Gasteiger partial charge in [-0.2, -0.15) is 0 Å². The van der Waals surface area contributed by atoms with Crippen molar-refractivity contribution < 1.29 is 8.78 Å². The van der Waals surface area contributed by atoms with E-state index >= 15 is 0 Å². The van der Waals surface area contributed by atoms with Crippen LogP contribution in [0.25, 0.3) is 0 Å². The highest BCUT2D eigenvalue weighted by atomic mass is 79.9. The third kappa shape index (κ3) is 3.04. The van der Waals surface area contributed by atoms with Crippen molar-refractivity contribution in [2.75, 3.05) is 6.54 Å². The summed E-state index contributed by atoms with van der Waals surface area (Å²) >= 11 is 4.67. The Labute approximate surface area is 123 Å². The maximum Gasteiger partial charge on any atom is 0.132 e. The molecule has 0 saturated heterocycles. The van der Waals surface area contributed by atoms with Crippen LogP contribution in [0, 0.1) is 18.6 Å². The Bertz CT molecular complexity index is 560. The van der Waals surface area contributed by atoms with Crippen LogP contribution in [0.5, 0.6) is 0 Å². The molecule has 0 fully saturated rings. The highest BCUT2D eigenvalue weighted by Crippen LogP contribution is 2.32. The highest BCUT2D eigenvalue weighted by Gasteiger charge is 2.23. The lowest BCUT2D eigenvalue weighted by Gasteiger charge is -2.20. The van der Waals surface area contributed by atoms with Crippen LogP contribution in [0.4, 0.5) is 8.78 Å². The summed E-state index contributed by atoms with van der Waals surface area (Å²) in [5.74, 6) is -1.08. The van der Waals surface area contributed by atoms with Crippen LogP contribution in [-0.4, -0.2) is 6.54 Å². The van der Waals surface area contributed by atoms with E-state index < -0.39 is 17.7 Å². The van der Waals surface area contributed by atoms with Crippen LogP contribution < -0.4 is 5.32 Å². The Hall–Kier alpha value is -0.780. The number of hydrogen-bond acceptors (Lipinski definition) is 2. The molecule has 1 aromatic heterocycles. The Morgan fingerprint density at radius 3 is 2.42 bits per heavy atom. The maximum absolute atomic E-state index is 14.1. The van der Waals surface area contributed by atoms with Gasteiger partial charge in [0.25, 0.3) is 0 Å². The van der Waals surface area contributed by atoms with Gasteiger partial charge in [0.1, 0.15) is 11.6 Å². The molecule has 0 amide bonds. The van der Waals surface area contributed by atoms with Gasteiger partial charge in [-0.15, -0.1) is 11.3 Å². The summed E-state index contributed by atoms with van der Waals surface area (Å²) in [6.07, 6.45) is 0. The van der Waals surface area contributed by atoms with Gasteiger partial charge in [0.05, 0.1) is 6.04 Å². The average Bonchev–Trinajstić information content (AvgIpc) is 2.73. The third-order valence-electron chi connectivity index (χ3n) is 2.95. The number of nitrogens with one attached hydrogen (secondary N) is 1. The predicted octanol–water partition coefficient (Wildman–Crippen LogP) is 4.80. The van der Waals surface area contributed by atoms with Gasteiger partial charge >= 0.3 is 0 Å². The molecule has 0 aliphatic rings. The first-order chi connectivity index (χ1) is 9.04. The molecule has 1 N–H and O–H groups in total. The first-order valence-corrected chi connectivity index (χ1v) is 7.63. The molecule has 19 heavy (non-hydrogen) atoms. The van der Waals surface area contributed by atoms with Gasteiger partial charge in [0.2, 0.25) is 0 Å². The number of thiophene rings is 1. The molecule has 0 aliphatic heterocycles. The lowest BCUT2D eigenvalue weighted by atomic mass is 9.98. The Kier molecular flexibility index (Phi) is 4.71. The van der Waals surface area contributed by atoms with Crippen LogP contribution >= 0.6 is 27.3 Å². The average molecular weight is 346 g/mol. The van der Waals surface area contributed by atoms with Gasteiger partial charge in [-0.3, -0.25) is 0 Å². The van der Waals surface area contributed by atoms with E-state index in [1.807, 2.05) is 25.3 Å². The SMILES string of the molecule is CCNC(c1ccsc1C)c1c(F)cc(Br)cc1F. The van der Waals surface area contributed by atoms with Crippen molar-refractivity contribution in [3.63, 3.8) is 0 Å². The van der Waals surface area contributed by atoms with E-state index in [1.54, 1.807) is 11.3 Å². The number of halogens is 3. The van der Waals surface area contributed by atoms with Crippen molar-refractivity contribution in [3.8, 4) is 0 Å². The molecular formula is C14H14BrF2NS. The summed E-state index contributed by atoms with van der Waals surface area (Å²) in [4.78, 5) is 1.06. The van der Waals surface area contributed by atoms with Gasteiger partial charge in [-0.25, -0.2) is 8.78 Å². The van der Waals surface area contributed by atoms with Crippen molar-refractivity contribution in [2.45, 2.75) is 19.9 Å². The van der Waals surface area contributed by atoms with E-state index in [0.29, 0.717) is 11.0 Å². The molecule has 2 aromatic rings. The van der Waals surface area contributed by atoms with Crippen molar-refractivity contribution in [2.24, 2.45) is 0 Å². The van der Waals surface area contributed by atoms with E-state index in [4.69, 9.17) is 0 Å². The van der Waals surface area contributed by atoms with Crippen molar-refractivity contribution in [3.05, 3.63) is 55.7 Å². The zero-order chi connectivity index (χ0) is 14.0. The number of aryl methyl sites for hydroxylation is 1. The van der Waals surface area contributed by atoms with Crippen LogP contribution in [0.2, 0.25) is 0 Å². The lowest BCUT2D eigenvalue weighted by Crippen LogP contribution is -2.24. The summed E-state index contributed by atoms with van der Waals surface area (Å²) in [6, 6.07) is 4.05. The maximum atomic E-state index is 14.1. The molecule has 1 heterocycles. The molecule has 0 aliphatic carbocycles. The second-order valence-corrected chi connectivity index (χ2v) is 6.24. The van der Waals surface area contributed by atoms with Gasteiger partial charge in [0.15, 0.2) is 0 Å². The van der Waals surface area contributed by atoms with E-state index in [0.717, 1.165) is 10.4 Å². The lowest BCUT2D eigenvalue weighted by molar-refractivity contribution is 0.509. The van der Waals surface area contributed by atoms with E-state index in [9.17, 15) is 8.78 Å². The quantitative estimate of drug-likeness (QED) is 0.839. The molecule has 0 spiro atoms. The third-order valence-corrected chi connectivity index (χ3v) is 4.27. The van der Waals surface area contributed by atoms with Crippen molar-refractivity contribution in [1.29, 1.82) is 0 Å². The number of hydrogen-bond donors (Lipinski definition) is 1. The minimum atomic E-state index is -0.538. The first kappa shape index (κ1) is 14.6. The zero-order valence-electron chi connectivity index (χ0n) is 10.6. The van der Waals surface area contributed by atoms with E-state index in [2.05, 4.69) is 21.2 Å². The predicted molar refractivity (Wildman–Crippen MR) is 78.6 cm³/mol. The van der Waals surface area contributed by atoms with Crippen molar-refractivity contribution >= 4 is 27.3 Å². The minimum absolute atomic E-state index is 0.0755. The van der Waals surface area contributed by atoms with Gasteiger partial charge in [-0.05, 0) is 42.6 Å². The zero-order valence-corrected chi connectivity index (χ0v) is 13.0. The monoisotopic (exact) mass is 345 g/mol. The van der Waals surface area contributed by atoms with Crippen molar-refractivity contribution in [1.82, 2.24) is 5.32 Å². The van der Waals surface area contributed by atoms with E-state index in [1.165, 1.54) is 12.1 Å². The van der Waals surface area contributed by atoms with Crippen LogP contribution in [0.1, 0.15) is 29.0 Å². The second kappa shape index (κ2) is 6.11. The van der Waals surface area contributed by atoms with Crippen LogP contribution in [-0.2, 0) is 0 Å². The molecule has 1 atom stereocenters. The molecule has 102 valence electrons. The molecule has 5 heteroatoms. The highest BCUT2D eigenvalue weighted by molar-refractivity contribution is 9.10. The molecule has 0 radical (unpaired) electrons. The van der Waals surface area contributed by atoms with Gasteiger partial charge in [0, 0.05) is 14.9 Å². The Morgan fingerprint density at radius 2 is 1.95 bits per heavy atom.